The fourth-order valence-electron chi connectivity index (χ4n) is 1.33. The molecule has 8 heteroatoms. The molecule has 3 N–H and O–H groups in total. The Kier molecular flexibility index (Phi) is 10.3. The Morgan fingerprint density at radius 2 is 1.41 bits per heavy atom. The molecule has 22 heavy (non-hydrogen) atoms. The molecule has 0 radical (unpaired) electrons. The van der Waals surface area contributed by atoms with Crippen LogP contribution in [0.25, 0.3) is 0 Å². The van der Waals surface area contributed by atoms with Gasteiger partial charge in [-0.3, -0.25) is 9.59 Å². The lowest BCUT2D eigenvalue weighted by atomic mass is 10.2. The van der Waals surface area contributed by atoms with E-state index in [1.54, 1.807) is 20.9 Å². The highest BCUT2D eigenvalue weighted by molar-refractivity contribution is 5.83. The topological polar surface area (TPSA) is 106 Å². The van der Waals surface area contributed by atoms with Crippen molar-refractivity contribution >= 4 is 17.6 Å². The number of ether oxygens (including phenoxy) is 2. The smallest absolute Gasteiger partial charge is 0.223 e. The average Bonchev–Trinajstić information content (AvgIpc) is 2.42. The van der Waals surface area contributed by atoms with Crippen molar-refractivity contribution in [3.63, 3.8) is 0 Å². The van der Waals surface area contributed by atoms with Crippen molar-refractivity contribution in [3.8, 4) is 0 Å². The largest absolute Gasteiger partial charge is 0.333 e. The first-order valence-electron chi connectivity index (χ1n) is 7.22. The number of hydrogen-bond donors (Lipinski definition) is 3. The molecule has 0 saturated heterocycles. The second-order valence-corrected chi connectivity index (χ2v) is 5.23. The third kappa shape index (κ3) is 12.2. The van der Waals surface area contributed by atoms with E-state index < -0.39 is 5.79 Å². The van der Waals surface area contributed by atoms with Crippen LogP contribution in [0, 0.1) is 0 Å². The van der Waals surface area contributed by atoms with Crippen LogP contribution < -0.4 is 16.0 Å². The van der Waals surface area contributed by atoms with Crippen molar-refractivity contribution < 1.29 is 23.9 Å². The molecule has 0 aromatic heterocycles. The number of Topliss-reactive ketones (excluding diaryl/α,β-unsaturated/α-hetero) is 1. The van der Waals surface area contributed by atoms with Gasteiger partial charge in [0.2, 0.25) is 11.8 Å². The Balaban J connectivity index is 3.78. The van der Waals surface area contributed by atoms with Gasteiger partial charge in [-0.05, 0) is 27.8 Å². The van der Waals surface area contributed by atoms with Crippen molar-refractivity contribution in [2.24, 2.45) is 0 Å². The second-order valence-electron chi connectivity index (χ2n) is 5.23. The van der Waals surface area contributed by atoms with Crippen molar-refractivity contribution in [1.29, 1.82) is 0 Å². The molecule has 0 aliphatic carbocycles. The van der Waals surface area contributed by atoms with E-state index in [0.29, 0.717) is 13.0 Å². The zero-order valence-electron chi connectivity index (χ0n) is 13.8. The summed E-state index contributed by atoms with van der Waals surface area (Å²) >= 11 is 0. The number of amides is 2. The first kappa shape index (κ1) is 20.5. The lowest BCUT2D eigenvalue weighted by molar-refractivity contribution is -0.219. The van der Waals surface area contributed by atoms with E-state index in [9.17, 15) is 14.4 Å². The van der Waals surface area contributed by atoms with Crippen LogP contribution in [0.5, 0.6) is 0 Å². The van der Waals surface area contributed by atoms with Gasteiger partial charge in [-0.2, -0.15) is 0 Å². The van der Waals surface area contributed by atoms with Crippen LogP contribution >= 0.6 is 0 Å². The highest BCUT2D eigenvalue weighted by Crippen LogP contribution is 2.09. The molecule has 0 aliphatic heterocycles. The van der Waals surface area contributed by atoms with Gasteiger partial charge in [0.1, 0.15) is 19.2 Å². The van der Waals surface area contributed by atoms with Gasteiger partial charge in [0, 0.05) is 25.8 Å². The molecule has 128 valence electrons. The van der Waals surface area contributed by atoms with Gasteiger partial charge < -0.3 is 30.2 Å². The average molecular weight is 317 g/mol. The fraction of sp³-hybridized carbons (Fsp3) is 0.786. The predicted molar refractivity (Wildman–Crippen MR) is 80.7 cm³/mol. The molecule has 0 aromatic carbocycles. The van der Waals surface area contributed by atoms with Crippen LogP contribution in [0.2, 0.25) is 0 Å². The molecule has 0 saturated carbocycles. The van der Waals surface area contributed by atoms with E-state index >= 15 is 0 Å². The second kappa shape index (κ2) is 11.1. The summed E-state index contributed by atoms with van der Waals surface area (Å²) in [5, 5.41) is 8.01. The minimum absolute atomic E-state index is 0.0217. The monoisotopic (exact) mass is 317 g/mol. The Labute approximate surface area is 131 Å². The van der Waals surface area contributed by atoms with Crippen molar-refractivity contribution in [2.75, 3.05) is 27.1 Å². The van der Waals surface area contributed by atoms with Gasteiger partial charge in [-0.15, -0.1) is 0 Å². The maximum absolute atomic E-state index is 11.4. The SMILES string of the molecule is CNCCC(=O)NCOC(C)(C)OCNC(=O)CCC(C)=O. The molecule has 0 heterocycles. The summed E-state index contributed by atoms with van der Waals surface area (Å²) < 4.78 is 10.7. The lowest BCUT2D eigenvalue weighted by Crippen LogP contribution is -2.39. The van der Waals surface area contributed by atoms with Crippen LogP contribution in [-0.4, -0.2) is 50.4 Å². The minimum atomic E-state index is -0.954. The summed E-state index contributed by atoms with van der Waals surface area (Å²) in [6.45, 7) is 5.37. The van der Waals surface area contributed by atoms with Crippen LogP contribution in [0.15, 0.2) is 0 Å². The highest BCUT2D eigenvalue weighted by atomic mass is 16.7. The summed E-state index contributed by atoms with van der Waals surface area (Å²) in [6.07, 6.45) is 0.721. The first-order valence-corrected chi connectivity index (χ1v) is 7.22. The van der Waals surface area contributed by atoms with Crippen molar-refractivity contribution in [1.82, 2.24) is 16.0 Å². The van der Waals surface area contributed by atoms with Gasteiger partial charge in [0.05, 0.1) is 0 Å². The summed E-state index contributed by atoms with van der Waals surface area (Å²) in [7, 11) is 1.77. The predicted octanol–water partition coefficient (Wildman–Crippen LogP) is -0.118. The number of ketones is 1. The lowest BCUT2D eigenvalue weighted by Gasteiger charge is -2.25. The van der Waals surface area contributed by atoms with E-state index in [1.165, 1.54) is 6.92 Å². The third-order valence-electron chi connectivity index (χ3n) is 2.68. The minimum Gasteiger partial charge on any atom is -0.333 e. The Hall–Kier alpha value is -1.51. The maximum Gasteiger partial charge on any atom is 0.223 e. The molecule has 0 aromatic rings. The molecule has 0 bridgehead atoms. The number of rotatable bonds is 12. The molecule has 2 amide bonds. The molecule has 8 nitrogen and oxygen atoms in total. The Morgan fingerprint density at radius 3 is 1.86 bits per heavy atom. The zero-order valence-corrected chi connectivity index (χ0v) is 13.8. The van der Waals surface area contributed by atoms with Gasteiger partial charge in [0.15, 0.2) is 5.79 Å². The Bertz CT molecular complexity index is 371. The van der Waals surface area contributed by atoms with Gasteiger partial charge >= 0.3 is 0 Å². The fourth-order valence-corrected chi connectivity index (χ4v) is 1.33. The van der Waals surface area contributed by atoms with Gasteiger partial charge in [0.25, 0.3) is 0 Å². The molecule has 0 fully saturated rings. The summed E-state index contributed by atoms with van der Waals surface area (Å²) in [6, 6.07) is 0. The first-order chi connectivity index (χ1) is 10.3. The third-order valence-corrected chi connectivity index (χ3v) is 2.68. The van der Waals surface area contributed by atoms with E-state index in [1.807, 2.05) is 0 Å². The quantitative estimate of drug-likeness (QED) is 0.433. The molecular formula is C14H27N3O5. The van der Waals surface area contributed by atoms with Crippen LogP contribution in [0.1, 0.15) is 40.0 Å². The number of carbonyl (C=O) groups excluding carboxylic acids is 3. The standard InChI is InChI=1S/C14H27N3O5/c1-11(18)5-6-12(19)16-9-21-14(2,3)22-10-17-13(20)7-8-15-4/h15H,5-10H2,1-4H3,(H,16,19)(H,17,20). The zero-order chi connectivity index (χ0) is 17.0. The molecule has 0 aliphatic rings. The van der Waals surface area contributed by atoms with Crippen molar-refractivity contribution in [2.45, 2.75) is 45.8 Å². The van der Waals surface area contributed by atoms with Crippen LogP contribution in [-0.2, 0) is 23.9 Å². The van der Waals surface area contributed by atoms with E-state index in [4.69, 9.17) is 9.47 Å². The van der Waals surface area contributed by atoms with Gasteiger partial charge in [-0.1, -0.05) is 0 Å². The number of nitrogens with one attached hydrogen (secondary N) is 3. The van der Waals surface area contributed by atoms with Crippen LogP contribution in [0.4, 0.5) is 0 Å². The number of hydrogen-bond acceptors (Lipinski definition) is 6. The molecule has 0 atom stereocenters. The van der Waals surface area contributed by atoms with E-state index in [2.05, 4.69) is 16.0 Å². The normalized spacial score (nSPS) is 11.1. The van der Waals surface area contributed by atoms with Gasteiger partial charge in [-0.25, -0.2) is 0 Å². The van der Waals surface area contributed by atoms with E-state index in [0.717, 1.165) is 0 Å². The van der Waals surface area contributed by atoms with E-state index in [-0.39, 0.29) is 43.9 Å². The van der Waals surface area contributed by atoms with Crippen LogP contribution in [0.3, 0.4) is 0 Å². The molecule has 0 unspecified atom stereocenters. The highest BCUT2D eigenvalue weighted by Gasteiger charge is 2.19. The van der Waals surface area contributed by atoms with Crippen molar-refractivity contribution in [3.05, 3.63) is 0 Å². The number of carbonyl (C=O) groups is 3. The maximum atomic E-state index is 11.4. The summed E-state index contributed by atoms with van der Waals surface area (Å²) in [5.41, 5.74) is 0. The molecule has 0 rings (SSSR count). The molecular weight excluding hydrogens is 290 g/mol. The summed E-state index contributed by atoms with van der Waals surface area (Å²) in [4.78, 5) is 33.5. The molecule has 0 spiro atoms. The Morgan fingerprint density at radius 1 is 0.909 bits per heavy atom. The summed E-state index contributed by atoms with van der Waals surface area (Å²) in [5.74, 6) is -1.37.